The number of rotatable bonds is 7. The molecule has 8 heteroatoms. The number of fused-ring (bicyclic) bond motifs is 1. The first-order valence-corrected chi connectivity index (χ1v) is 11.5. The SMILES string of the molecule is CN1CCN(Cc2ccc(O[C@@H](CCN)c3cccs3)cc2Cl)C(=O)c2cccnc21. The van der Waals surface area contributed by atoms with Crippen molar-refractivity contribution in [2.45, 2.75) is 19.1 Å². The minimum Gasteiger partial charge on any atom is -0.485 e. The van der Waals surface area contributed by atoms with E-state index in [-0.39, 0.29) is 12.0 Å². The summed E-state index contributed by atoms with van der Waals surface area (Å²) >= 11 is 8.24. The molecule has 0 unspecified atom stereocenters. The summed E-state index contributed by atoms with van der Waals surface area (Å²) in [4.78, 5) is 22.4. The van der Waals surface area contributed by atoms with Gasteiger partial charge in [0, 0.05) is 49.2 Å². The van der Waals surface area contributed by atoms with Crippen LogP contribution >= 0.6 is 22.9 Å². The smallest absolute Gasteiger partial charge is 0.257 e. The maximum Gasteiger partial charge on any atom is 0.257 e. The van der Waals surface area contributed by atoms with E-state index in [1.54, 1.807) is 23.6 Å². The molecule has 1 aliphatic rings. The molecule has 0 spiro atoms. The average Bonchev–Trinajstić information content (AvgIpc) is 3.28. The van der Waals surface area contributed by atoms with Crippen molar-refractivity contribution in [3.63, 3.8) is 0 Å². The lowest BCUT2D eigenvalue weighted by Gasteiger charge is -2.22. The van der Waals surface area contributed by atoms with E-state index in [0.717, 1.165) is 16.9 Å². The van der Waals surface area contributed by atoms with Crippen molar-refractivity contribution >= 4 is 34.7 Å². The minimum atomic E-state index is -0.0985. The Hall–Kier alpha value is -2.61. The number of amides is 1. The van der Waals surface area contributed by atoms with E-state index in [9.17, 15) is 4.79 Å². The summed E-state index contributed by atoms with van der Waals surface area (Å²) in [5.41, 5.74) is 7.26. The van der Waals surface area contributed by atoms with Crippen molar-refractivity contribution in [2.24, 2.45) is 5.73 Å². The molecule has 0 aliphatic carbocycles. The van der Waals surface area contributed by atoms with Crippen LogP contribution in [0.15, 0.2) is 54.0 Å². The van der Waals surface area contributed by atoms with Crippen LogP contribution in [0, 0.1) is 0 Å². The van der Waals surface area contributed by atoms with Crippen LogP contribution in [-0.4, -0.2) is 42.5 Å². The van der Waals surface area contributed by atoms with Crippen LogP contribution in [0.4, 0.5) is 5.82 Å². The van der Waals surface area contributed by atoms with Gasteiger partial charge >= 0.3 is 0 Å². The normalized spacial score (nSPS) is 14.9. The highest BCUT2D eigenvalue weighted by atomic mass is 35.5. The molecule has 3 aromatic rings. The molecule has 6 nitrogen and oxygen atoms in total. The summed E-state index contributed by atoms with van der Waals surface area (Å²) in [7, 11) is 1.95. The van der Waals surface area contributed by atoms with Crippen molar-refractivity contribution in [2.75, 3.05) is 31.6 Å². The number of ether oxygens (including phenoxy) is 1. The Bertz CT molecular complexity index is 1040. The third kappa shape index (κ3) is 4.84. The van der Waals surface area contributed by atoms with E-state index in [1.807, 2.05) is 52.6 Å². The first-order chi connectivity index (χ1) is 15.1. The zero-order chi connectivity index (χ0) is 21.8. The molecule has 162 valence electrons. The quantitative estimate of drug-likeness (QED) is 0.572. The van der Waals surface area contributed by atoms with Crippen LogP contribution in [0.1, 0.15) is 33.3 Å². The topological polar surface area (TPSA) is 71.7 Å². The maximum absolute atomic E-state index is 13.1. The van der Waals surface area contributed by atoms with Crippen molar-refractivity contribution in [1.29, 1.82) is 0 Å². The predicted molar refractivity (Wildman–Crippen MR) is 125 cm³/mol. The van der Waals surface area contributed by atoms with Gasteiger partial charge in [0.05, 0.1) is 5.56 Å². The zero-order valence-electron chi connectivity index (χ0n) is 17.3. The third-order valence-corrected chi connectivity index (χ3v) is 6.64. The van der Waals surface area contributed by atoms with Crippen molar-refractivity contribution in [3.05, 3.63) is 75.1 Å². The maximum atomic E-state index is 13.1. The summed E-state index contributed by atoms with van der Waals surface area (Å²) in [6, 6.07) is 13.3. The molecule has 0 fully saturated rings. The first-order valence-electron chi connectivity index (χ1n) is 10.2. The van der Waals surface area contributed by atoms with Crippen LogP contribution < -0.4 is 15.4 Å². The second kappa shape index (κ2) is 9.68. The van der Waals surface area contributed by atoms with Gasteiger partial charge in [-0.2, -0.15) is 0 Å². The Morgan fingerprint density at radius 1 is 1.26 bits per heavy atom. The number of carbonyl (C=O) groups excluding carboxylic acids is 1. The number of hydrogen-bond acceptors (Lipinski definition) is 6. The second-order valence-corrected chi connectivity index (χ2v) is 8.86. The van der Waals surface area contributed by atoms with Crippen LogP contribution in [0.3, 0.4) is 0 Å². The van der Waals surface area contributed by atoms with E-state index in [0.29, 0.717) is 48.3 Å². The van der Waals surface area contributed by atoms with Gasteiger partial charge in [0.15, 0.2) is 0 Å². The molecule has 3 heterocycles. The highest BCUT2D eigenvalue weighted by Crippen LogP contribution is 2.31. The average molecular weight is 457 g/mol. The minimum absolute atomic E-state index is 0.0375. The number of carbonyl (C=O) groups is 1. The number of anilines is 1. The molecule has 0 bridgehead atoms. The van der Waals surface area contributed by atoms with Gasteiger partial charge in [-0.25, -0.2) is 4.98 Å². The Morgan fingerprint density at radius 3 is 2.87 bits per heavy atom. The molecule has 0 radical (unpaired) electrons. The Morgan fingerprint density at radius 2 is 2.13 bits per heavy atom. The largest absolute Gasteiger partial charge is 0.485 e. The molecule has 0 saturated heterocycles. The fourth-order valence-electron chi connectivity index (χ4n) is 3.65. The molecule has 0 saturated carbocycles. The number of nitrogens with two attached hydrogens (primary N) is 1. The second-order valence-electron chi connectivity index (χ2n) is 7.48. The van der Waals surface area contributed by atoms with Gasteiger partial charge in [-0.05, 0) is 47.8 Å². The number of likely N-dealkylation sites (N-methyl/N-ethyl adjacent to an activating group) is 1. The van der Waals surface area contributed by atoms with Crippen LogP contribution in [0.25, 0.3) is 0 Å². The monoisotopic (exact) mass is 456 g/mol. The van der Waals surface area contributed by atoms with Crippen molar-refractivity contribution < 1.29 is 9.53 Å². The molecule has 4 rings (SSSR count). The summed E-state index contributed by atoms with van der Waals surface area (Å²) in [6.45, 7) is 2.26. The fraction of sp³-hybridized carbons (Fsp3) is 0.304. The lowest BCUT2D eigenvalue weighted by Crippen LogP contribution is -2.33. The molecule has 1 atom stereocenters. The van der Waals surface area contributed by atoms with Gasteiger partial charge < -0.3 is 20.3 Å². The first kappa shape index (κ1) is 21.6. The number of hydrogen-bond donors (Lipinski definition) is 1. The number of aromatic nitrogens is 1. The van der Waals surface area contributed by atoms with E-state index in [1.165, 1.54) is 0 Å². The van der Waals surface area contributed by atoms with Gasteiger partial charge in [0.1, 0.15) is 17.7 Å². The number of halogens is 1. The molecule has 2 N–H and O–H groups in total. The number of nitrogens with zero attached hydrogens (tertiary/aromatic N) is 3. The molecule has 31 heavy (non-hydrogen) atoms. The van der Waals surface area contributed by atoms with Gasteiger partial charge in [0.25, 0.3) is 5.91 Å². The summed E-state index contributed by atoms with van der Waals surface area (Å²) in [5.74, 6) is 1.37. The lowest BCUT2D eigenvalue weighted by atomic mass is 10.1. The van der Waals surface area contributed by atoms with E-state index in [4.69, 9.17) is 22.1 Å². The van der Waals surface area contributed by atoms with Gasteiger partial charge in [0.2, 0.25) is 0 Å². The van der Waals surface area contributed by atoms with Crippen LogP contribution in [0.2, 0.25) is 5.02 Å². The molecular formula is C23H25ClN4O2S. The Labute approximate surface area is 191 Å². The van der Waals surface area contributed by atoms with E-state index < -0.39 is 0 Å². The van der Waals surface area contributed by atoms with Gasteiger partial charge in [-0.1, -0.05) is 23.7 Å². The number of pyridine rings is 1. The summed E-state index contributed by atoms with van der Waals surface area (Å²) in [5, 5.41) is 2.61. The summed E-state index contributed by atoms with van der Waals surface area (Å²) < 4.78 is 6.18. The lowest BCUT2D eigenvalue weighted by molar-refractivity contribution is 0.0755. The number of benzene rings is 1. The molecular weight excluding hydrogens is 432 g/mol. The van der Waals surface area contributed by atoms with Gasteiger partial charge in [-0.3, -0.25) is 4.79 Å². The zero-order valence-corrected chi connectivity index (χ0v) is 18.9. The summed E-state index contributed by atoms with van der Waals surface area (Å²) in [6.07, 6.45) is 2.34. The van der Waals surface area contributed by atoms with Crippen LogP contribution in [0.5, 0.6) is 5.75 Å². The standard InChI is InChI=1S/C23H25ClN4O2S/c1-27-11-12-28(23(29)18-4-2-10-26-22(18)27)15-16-6-7-17(14-19(16)24)30-20(8-9-25)21-5-3-13-31-21/h2-7,10,13-14,20H,8-9,11-12,15,25H2,1H3/t20-/m0/s1. The number of thiophene rings is 1. The predicted octanol–water partition coefficient (Wildman–Crippen LogP) is 4.36. The Kier molecular flexibility index (Phi) is 6.75. The Balaban J connectivity index is 1.50. The van der Waals surface area contributed by atoms with E-state index >= 15 is 0 Å². The highest BCUT2D eigenvalue weighted by Gasteiger charge is 2.26. The van der Waals surface area contributed by atoms with E-state index in [2.05, 4.69) is 11.1 Å². The van der Waals surface area contributed by atoms with Crippen molar-refractivity contribution in [3.8, 4) is 5.75 Å². The molecule has 2 aromatic heterocycles. The highest BCUT2D eigenvalue weighted by molar-refractivity contribution is 7.10. The van der Waals surface area contributed by atoms with Crippen LogP contribution in [-0.2, 0) is 6.54 Å². The molecule has 1 amide bonds. The molecule has 1 aliphatic heterocycles. The van der Waals surface area contributed by atoms with Gasteiger partial charge in [-0.15, -0.1) is 11.3 Å². The fourth-order valence-corrected chi connectivity index (χ4v) is 4.67. The molecule has 1 aromatic carbocycles. The van der Waals surface area contributed by atoms with Crippen molar-refractivity contribution in [1.82, 2.24) is 9.88 Å². The third-order valence-electron chi connectivity index (χ3n) is 5.32.